The van der Waals surface area contributed by atoms with E-state index in [-0.39, 0.29) is 6.04 Å². The highest BCUT2D eigenvalue weighted by atomic mass is 15.1. The first-order valence-corrected chi connectivity index (χ1v) is 7.79. The van der Waals surface area contributed by atoms with E-state index in [0.717, 1.165) is 18.9 Å². The third-order valence-electron chi connectivity index (χ3n) is 4.02. The maximum atomic E-state index is 6.37. The second-order valence-corrected chi connectivity index (χ2v) is 5.90. The molecule has 1 aromatic carbocycles. The van der Waals surface area contributed by atoms with Gasteiger partial charge in [-0.2, -0.15) is 0 Å². The highest BCUT2D eigenvalue weighted by Crippen LogP contribution is 2.30. The molecule has 0 heterocycles. The lowest BCUT2D eigenvalue weighted by Crippen LogP contribution is -2.34. The van der Waals surface area contributed by atoms with Crippen molar-refractivity contribution in [2.24, 2.45) is 11.7 Å². The van der Waals surface area contributed by atoms with Gasteiger partial charge in [0.15, 0.2) is 0 Å². The number of hydrogen-bond donors (Lipinski definition) is 1. The van der Waals surface area contributed by atoms with Crippen LogP contribution in [-0.2, 0) is 6.42 Å². The van der Waals surface area contributed by atoms with Crippen molar-refractivity contribution in [2.75, 3.05) is 19.6 Å². The molecule has 2 nitrogen and oxygen atoms in total. The lowest BCUT2D eigenvalue weighted by Gasteiger charge is -2.25. The van der Waals surface area contributed by atoms with Gasteiger partial charge in [-0.25, -0.2) is 0 Å². The number of nitrogens with two attached hydrogens (primary N) is 1. The molecule has 1 aliphatic carbocycles. The topological polar surface area (TPSA) is 29.3 Å². The standard InChI is InChI=1S/C17H28N2/c1-3-11-19(12-15-5-6-15)13-17(18)16-9-7-14(4-2)8-10-16/h7-10,15,17H,3-6,11-13,18H2,1-2H3. The van der Waals surface area contributed by atoms with Crippen molar-refractivity contribution in [1.82, 2.24) is 4.90 Å². The van der Waals surface area contributed by atoms with E-state index in [1.54, 1.807) is 0 Å². The van der Waals surface area contributed by atoms with Gasteiger partial charge < -0.3 is 10.6 Å². The van der Waals surface area contributed by atoms with Crippen molar-refractivity contribution in [2.45, 2.75) is 45.6 Å². The lowest BCUT2D eigenvalue weighted by molar-refractivity contribution is 0.248. The van der Waals surface area contributed by atoms with E-state index in [1.807, 2.05) is 0 Å². The van der Waals surface area contributed by atoms with E-state index in [1.165, 1.54) is 43.5 Å². The summed E-state index contributed by atoms with van der Waals surface area (Å²) in [6.45, 7) is 7.86. The Kier molecular flexibility index (Phi) is 5.41. The lowest BCUT2D eigenvalue weighted by atomic mass is 10.0. The van der Waals surface area contributed by atoms with Gasteiger partial charge in [-0.15, -0.1) is 0 Å². The van der Waals surface area contributed by atoms with E-state index >= 15 is 0 Å². The summed E-state index contributed by atoms with van der Waals surface area (Å²) in [5, 5.41) is 0. The first kappa shape index (κ1) is 14.5. The van der Waals surface area contributed by atoms with Crippen molar-refractivity contribution in [3.05, 3.63) is 35.4 Å². The van der Waals surface area contributed by atoms with Gasteiger partial charge in [0, 0.05) is 19.1 Å². The molecule has 1 aliphatic rings. The number of nitrogens with zero attached hydrogens (tertiary/aromatic N) is 1. The first-order chi connectivity index (χ1) is 9.22. The van der Waals surface area contributed by atoms with Crippen LogP contribution >= 0.6 is 0 Å². The number of hydrogen-bond acceptors (Lipinski definition) is 2. The summed E-state index contributed by atoms with van der Waals surface area (Å²) in [6.07, 6.45) is 5.15. The van der Waals surface area contributed by atoms with E-state index in [9.17, 15) is 0 Å². The Morgan fingerprint density at radius 1 is 1.21 bits per heavy atom. The second-order valence-electron chi connectivity index (χ2n) is 5.90. The van der Waals surface area contributed by atoms with Crippen molar-refractivity contribution in [3.63, 3.8) is 0 Å². The molecular formula is C17H28N2. The summed E-state index contributed by atoms with van der Waals surface area (Å²) < 4.78 is 0. The summed E-state index contributed by atoms with van der Waals surface area (Å²) in [5.74, 6) is 0.946. The molecule has 19 heavy (non-hydrogen) atoms. The molecule has 2 rings (SSSR count). The fourth-order valence-corrected chi connectivity index (χ4v) is 2.62. The number of aryl methyl sites for hydroxylation is 1. The fourth-order valence-electron chi connectivity index (χ4n) is 2.62. The SMILES string of the molecule is CCCN(CC1CC1)CC(N)c1ccc(CC)cc1. The molecule has 0 amide bonds. The molecule has 1 unspecified atom stereocenters. The van der Waals surface area contributed by atoms with Crippen LogP contribution in [-0.4, -0.2) is 24.5 Å². The van der Waals surface area contributed by atoms with Gasteiger partial charge in [0.05, 0.1) is 0 Å². The van der Waals surface area contributed by atoms with Crippen LogP contribution in [0.1, 0.15) is 50.3 Å². The van der Waals surface area contributed by atoms with Crippen molar-refractivity contribution in [3.8, 4) is 0 Å². The average molecular weight is 260 g/mol. The van der Waals surface area contributed by atoms with Crippen molar-refractivity contribution < 1.29 is 0 Å². The average Bonchev–Trinajstić information content (AvgIpc) is 3.23. The molecule has 0 radical (unpaired) electrons. The highest BCUT2D eigenvalue weighted by Gasteiger charge is 2.24. The zero-order valence-electron chi connectivity index (χ0n) is 12.4. The molecule has 0 saturated heterocycles. The van der Waals surface area contributed by atoms with Crippen LogP contribution in [0.2, 0.25) is 0 Å². The largest absolute Gasteiger partial charge is 0.323 e. The minimum Gasteiger partial charge on any atom is -0.323 e. The number of rotatable bonds is 8. The predicted molar refractivity (Wildman–Crippen MR) is 82.2 cm³/mol. The Morgan fingerprint density at radius 2 is 1.89 bits per heavy atom. The Hall–Kier alpha value is -0.860. The molecule has 106 valence electrons. The zero-order chi connectivity index (χ0) is 13.7. The third-order valence-corrected chi connectivity index (χ3v) is 4.02. The van der Waals surface area contributed by atoms with Gasteiger partial charge in [0.1, 0.15) is 0 Å². The molecule has 0 aromatic heterocycles. The highest BCUT2D eigenvalue weighted by molar-refractivity contribution is 5.25. The van der Waals surface area contributed by atoms with Crippen LogP contribution in [0.15, 0.2) is 24.3 Å². The molecule has 2 N–H and O–H groups in total. The maximum Gasteiger partial charge on any atom is 0.0424 e. The summed E-state index contributed by atoms with van der Waals surface area (Å²) in [6, 6.07) is 8.96. The van der Waals surface area contributed by atoms with E-state index in [0.29, 0.717) is 0 Å². The molecule has 1 fully saturated rings. The zero-order valence-corrected chi connectivity index (χ0v) is 12.4. The predicted octanol–water partition coefficient (Wildman–Crippen LogP) is 3.37. The second kappa shape index (κ2) is 7.06. The van der Waals surface area contributed by atoms with Gasteiger partial charge >= 0.3 is 0 Å². The monoisotopic (exact) mass is 260 g/mol. The molecule has 1 atom stereocenters. The van der Waals surface area contributed by atoms with Crippen LogP contribution in [0.5, 0.6) is 0 Å². The summed E-state index contributed by atoms with van der Waals surface area (Å²) in [5.41, 5.74) is 9.03. The van der Waals surface area contributed by atoms with Crippen LogP contribution in [0.3, 0.4) is 0 Å². The van der Waals surface area contributed by atoms with Gasteiger partial charge in [0.25, 0.3) is 0 Å². The fraction of sp³-hybridized carbons (Fsp3) is 0.647. The summed E-state index contributed by atoms with van der Waals surface area (Å²) in [7, 11) is 0. The molecule has 0 bridgehead atoms. The van der Waals surface area contributed by atoms with Gasteiger partial charge in [-0.05, 0) is 49.3 Å². The maximum absolute atomic E-state index is 6.37. The smallest absolute Gasteiger partial charge is 0.0424 e. The van der Waals surface area contributed by atoms with Crippen molar-refractivity contribution >= 4 is 0 Å². The molecule has 0 aliphatic heterocycles. The Labute approximate surface area is 118 Å². The van der Waals surface area contributed by atoms with Crippen LogP contribution in [0.4, 0.5) is 0 Å². The summed E-state index contributed by atoms with van der Waals surface area (Å²) >= 11 is 0. The van der Waals surface area contributed by atoms with Gasteiger partial charge in [0.2, 0.25) is 0 Å². The van der Waals surface area contributed by atoms with E-state index in [2.05, 4.69) is 43.0 Å². The van der Waals surface area contributed by atoms with Gasteiger partial charge in [-0.3, -0.25) is 0 Å². The third kappa shape index (κ3) is 4.63. The quantitative estimate of drug-likeness (QED) is 0.776. The van der Waals surface area contributed by atoms with Crippen LogP contribution in [0, 0.1) is 5.92 Å². The summed E-state index contributed by atoms with van der Waals surface area (Å²) in [4.78, 5) is 2.55. The van der Waals surface area contributed by atoms with E-state index < -0.39 is 0 Å². The molecular weight excluding hydrogens is 232 g/mol. The molecule has 0 spiro atoms. The Bertz CT molecular complexity index is 367. The minimum atomic E-state index is 0.149. The van der Waals surface area contributed by atoms with Crippen LogP contribution in [0.25, 0.3) is 0 Å². The molecule has 1 saturated carbocycles. The Balaban J connectivity index is 1.90. The Morgan fingerprint density at radius 3 is 2.42 bits per heavy atom. The molecule has 2 heteroatoms. The van der Waals surface area contributed by atoms with Gasteiger partial charge in [-0.1, -0.05) is 38.1 Å². The van der Waals surface area contributed by atoms with E-state index in [4.69, 9.17) is 5.73 Å². The van der Waals surface area contributed by atoms with Crippen LogP contribution < -0.4 is 5.73 Å². The molecule has 1 aromatic rings. The number of benzene rings is 1. The minimum absolute atomic E-state index is 0.149. The first-order valence-electron chi connectivity index (χ1n) is 7.79. The van der Waals surface area contributed by atoms with Crippen molar-refractivity contribution in [1.29, 1.82) is 0 Å². The normalized spacial score (nSPS) is 16.8.